The molecular formula is C16H22N4O3S3. The zero-order valence-corrected chi connectivity index (χ0v) is 17.2. The van der Waals surface area contributed by atoms with Crippen LogP contribution in [0.15, 0.2) is 22.7 Å². The molecule has 1 atom stereocenters. The minimum Gasteiger partial charge on any atom is -0.338 e. The molecule has 1 saturated heterocycles. The van der Waals surface area contributed by atoms with Crippen LogP contribution >= 0.6 is 23.1 Å². The van der Waals surface area contributed by atoms with Gasteiger partial charge in [0.05, 0.1) is 22.1 Å². The van der Waals surface area contributed by atoms with E-state index in [1.165, 1.54) is 11.8 Å². The molecule has 26 heavy (non-hydrogen) atoms. The minimum atomic E-state index is -3.03. The van der Waals surface area contributed by atoms with Crippen molar-refractivity contribution in [2.75, 3.05) is 23.8 Å². The number of hydrogen-bond acceptors (Lipinski definition) is 7. The number of carbonyl (C=O) groups excluding carboxylic acids is 1. The van der Waals surface area contributed by atoms with Gasteiger partial charge in [-0.2, -0.15) is 0 Å². The summed E-state index contributed by atoms with van der Waals surface area (Å²) in [5.74, 6) is 1.34. The van der Waals surface area contributed by atoms with Crippen LogP contribution in [0.1, 0.15) is 20.3 Å². The van der Waals surface area contributed by atoms with Crippen molar-refractivity contribution in [1.82, 2.24) is 20.1 Å². The van der Waals surface area contributed by atoms with Crippen molar-refractivity contribution >= 4 is 38.8 Å². The van der Waals surface area contributed by atoms with Crippen molar-refractivity contribution < 1.29 is 13.2 Å². The third kappa shape index (κ3) is 4.86. The van der Waals surface area contributed by atoms with Gasteiger partial charge in [0.1, 0.15) is 0 Å². The number of nitrogens with one attached hydrogen (secondary N) is 1. The summed E-state index contributed by atoms with van der Waals surface area (Å²) in [6.45, 7) is 4.62. The van der Waals surface area contributed by atoms with Gasteiger partial charge < -0.3 is 4.90 Å². The van der Waals surface area contributed by atoms with Gasteiger partial charge in [-0.1, -0.05) is 31.7 Å². The molecule has 0 saturated carbocycles. The maximum atomic E-state index is 12.7. The van der Waals surface area contributed by atoms with Crippen LogP contribution in [0.3, 0.4) is 0 Å². The van der Waals surface area contributed by atoms with E-state index < -0.39 is 9.84 Å². The fourth-order valence-corrected chi connectivity index (χ4v) is 5.99. The molecule has 2 aromatic rings. The van der Waals surface area contributed by atoms with E-state index >= 15 is 0 Å². The topological polar surface area (TPSA) is 96.0 Å². The quantitative estimate of drug-likeness (QED) is 0.699. The number of carbonyl (C=O) groups is 1. The van der Waals surface area contributed by atoms with Crippen molar-refractivity contribution in [2.24, 2.45) is 5.92 Å². The Morgan fingerprint density at radius 3 is 2.92 bits per heavy atom. The molecule has 0 aromatic carbocycles. The molecule has 0 radical (unpaired) electrons. The van der Waals surface area contributed by atoms with Crippen molar-refractivity contribution in [1.29, 1.82) is 0 Å². The summed E-state index contributed by atoms with van der Waals surface area (Å²) in [5.41, 5.74) is 0. The molecule has 2 aromatic heterocycles. The molecule has 1 N–H and O–H groups in total. The largest absolute Gasteiger partial charge is 0.338 e. The number of thiophene rings is 1. The summed E-state index contributed by atoms with van der Waals surface area (Å²) < 4.78 is 23.6. The lowest BCUT2D eigenvalue weighted by Gasteiger charge is -2.29. The number of amides is 1. The Labute approximate surface area is 161 Å². The molecule has 1 aliphatic rings. The smallest absolute Gasteiger partial charge is 0.233 e. The van der Waals surface area contributed by atoms with Crippen LogP contribution in [-0.4, -0.2) is 64.3 Å². The molecule has 0 bridgehead atoms. The van der Waals surface area contributed by atoms with Crippen LogP contribution in [0.25, 0.3) is 10.7 Å². The molecule has 1 amide bonds. The van der Waals surface area contributed by atoms with E-state index in [4.69, 9.17) is 0 Å². The minimum absolute atomic E-state index is 0.0618. The number of rotatable bonds is 7. The monoisotopic (exact) mass is 414 g/mol. The molecule has 1 aliphatic heterocycles. The van der Waals surface area contributed by atoms with Gasteiger partial charge in [0.25, 0.3) is 0 Å². The second kappa shape index (κ2) is 8.10. The summed E-state index contributed by atoms with van der Waals surface area (Å²) in [4.78, 5) is 19.9. The standard InChI is InChI=1S/C16H22N4O3S3/c1-11(2)8-20(12-5-7-26(22,23)10-12)14(21)9-25-16-17-15(18-19-16)13-4-3-6-24-13/h3-4,6,11-12H,5,7-10H2,1-2H3,(H,17,18,19)/t12-/m1/s1. The molecule has 142 valence electrons. The van der Waals surface area contributed by atoms with Crippen LogP contribution < -0.4 is 0 Å². The first-order valence-electron chi connectivity index (χ1n) is 8.43. The highest BCUT2D eigenvalue weighted by Gasteiger charge is 2.34. The van der Waals surface area contributed by atoms with Crippen LogP contribution in [-0.2, 0) is 14.6 Å². The summed E-state index contributed by atoms with van der Waals surface area (Å²) in [7, 11) is -3.03. The van der Waals surface area contributed by atoms with Gasteiger partial charge in [0.2, 0.25) is 11.1 Å². The first-order chi connectivity index (χ1) is 12.3. The number of thioether (sulfide) groups is 1. The first-order valence-corrected chi connectivity index (χ1v) is 12.1. The Bertz CT molecular complexity index is 846. The number of hydrogen-bond donors (Lipinski definition) is 1. The second-order valence-corrected chi connectivity index (χ2v) is 10.8. The number of sulfone groups is 1. The fourth-order valence-electron chi connectivity index (χ4n) is 2.91. The van der Waals surface area contributed by atoms with Crippen LogP contribution in [0.2, 0.25) is 0 Å². The van der Waals surface area contributed by atoms with Gasteiger partial charge in [-0.3, -0.25) is 9.89 Å². The maximum Gasteiger partial charge on any atom is 0.233 e. The van der Waals surface area contributed by atoms with Crippen molar-refractivity contribution in [3.63, 3.8) is 0 Å². The van der Waals surface area contributed by atoms with Crippen molar-refractivity contribution in [3.8, 4) is 10.7 Å². The Kier molecular flexibility index (Phi) is 6.03. The average Bonchev–Trinajstić information content (AvgIpc) is 3.30. The van der Waals surface area contributed by atoms with E-state index in [1.807, 2.05) is 31.4 Å². The average molecular weight is 415 g/mol. The van der Waals surface area contributed by atoms with Gasteiger partial charge in [-0.05, 0) is 23.8 Å². The Morgan fingerprint density at radius 2 is 2.31 bits per heavy atom. The van der Waals surface area contributed by atoms with E-state index in [0.717, 1.165) is 4.88 Å². The van der Waals surface area contributed by atoms with E-state index in [9.17, 15) is 13.2 Å². The first kappa shape index (κ1) is 19.4. The Morgan fingerprint density at radius 1 is 1.50 bits per heavy atom. The highest BCUT2D eigenvalue weighted by atomic mass is 32.2. The lowest BCUT2D eigenvalue weighted by Crippen LogP contribution is -2.44. The van der Waals surface area contributed by atoms with E-state index in [2.05, 4.69) is 15.2 Å². The van der Waals surface area contributed by atoms with Gasteiger partial charge in [-0.15, -0.1) is 16.4 Å². The molecular weight excluding hydrogens is 392 g/mol. The van der Waals surface area contributed by atoms with Crippen LogP contribution in [0.5, 0.6) is 0 Å². The van der Waals surface area contributed by atoms with E-state index in [-0.39, 0.29) is 35.1 Å². The maximum absolute atomic E-state index is 12.7. The summed E-state index contributed by atoms with van der Waals surface area (Å²) in [6.07, 6.45) is 0.522. The molecule has 1 fully saturated rings. The normalized spacial score (nSPS) is 19.1. The molecule has 3 rings (SSSR count). The lowest BCUT2D eigenvalue weighted by atomic mass is 10.1. The van der Waals surface area contributed by atoms with Gasteiger partial charge in [-0.25, -0.2) is 13.4 Å². The number of aromatic nitrogens is 3. The molecule has 0 spiro atoms. The Hall–Kier alpha value is -1.39. The summed E-state index contributed by atoms with van der Waals surface area (Å²) in [5, 5.41) is 9.52. The van der Waals surface area contributed by atoms with Crippen LogP contribution in [0, 0.1) is 5.92 Å². The van der Waals surface area contributed by atoms with E-state index in [1.54, 1.807) is 16.2 Å². The van der Waals surface area contributed by atoms with Crippen molar-refractivity contribution in [3.05, 3.63) is 17.5 Å². The van der Waals surface area contributed by atoms with Crippen LogP contribution in [0.4, 0.5) is 0 Å². The highest BCUT2D eigenvalue weighted by molar-refractivity contribution is 7.99. The fraction of sp³-hybridized carbons (Fsp3) is 0.562. The predicted octanol–water partition coefficient (Wildman–Crippen LogP) is 2.30. The van der Waals surface area contributed by atoms with Crippen molar-refractivity contribution in [2.45, 2.75) is 31.5 Å². The predicted molar refractivity (Wildman–Crippen MR) is 104 cm³/mol. The summed E-state index contributed by atoms with van der Waals surface area (Å²) in [6, 6.07) is 3.68. The van der Waals surface area contributed by atoms with Gasteiger partial charge in [0, 0.05) is 12.6 Å². The molecule has 10 heteroatoms. The number of H-pyrrole nitrogens is 1. The molecule has 0 aliphatic carbocycles. The molecule has 0 unspecified atom stereocenters. The lowest BCUT2D eigenvalue weighted by molar-refractivity contribution is -0.130. The molecule has 3 heterocycles. The zero-order chi connectivity index (χ0) is 18.7. The Balaban J connectivity index is 1.62. The van der Waals surface area contributed by atoms with Gasteiger partial charge >= 0.3 is 0 Å². The highest BCUT2D eigenvalue weighted by Crippen LogP contribution is 2.24. The SMILES string of the molecule is CC(C)CN(C(=O)CSc1n[nH]c(-c2cccs2)n1)[C@@H]1CCS(=O)(=O)C1. The second-order valence-electron chi connectivity index (χ2n) is 6.73. The molecule has 7 nitrogen and oxygen atoms in total. The number of aromatic amines is 1. The van der Waals surface area contributed by atoms with Gasteiger partial charge in [0.15, 0.2) is 15.7 Å². The third-order valence-corrected chi connectivity index (χ3v) is 7.53. The number of nitrogens with zero attached hydrogens (tertiary/aromatic N) is 3. The summed E-state index contributed by atoms with van der Waals surface area (Å²) >= 11 is 2.84. The van der Waals surface area contributed by atoms with E-state index in [0.29, 0.717) is 23.9 Å². The zero-order valence-electron chi connectivity index (χ0n) is 14.7. The third-order valence-electron chi connectivity index (χ3n) is 4.08.